The summed E-state index contributed by atoms with van der Waals surface area (Å²) in [6.07, 6.45) is 12.1. The number of aromatic nitrogens is 7. The van der Waals surface area contributed by atoms with Crippen LogP contribution in [-0.4, -0.2) is 95.9 Å². The van der Waals surface area contributed by atoms with E-state index in [2.05, 4.69) is 55.8 Å². The van der Waals surface area contributed by atoms with E-state index >= 15 is 0 Å². The molecule has 2 saturated carbocycles. The Morgan fingerprint density at radius 3 is 2.62 bits per heavy atom. The van der Waals surface area contributed by atoms with Gasteiger partial charge in [0.2, 0.25) is 5.91 Å². The number of ether oxygens (including phenoxy) is 2. The molecule has 0 radical (unpaired) electrons. The molecule has 0 atom stereocenters. The van der Waals surface area contributed by atoms with Gasteiger partial charge in [-0.05, 0) is 74.2 Å². The number of benzene rings is 2. The molecule has 4 aliphatic rings. The summed E-state index contributed by atoms with van der Waals surface area (Å²) in [6, 6.07) is 19.2. The van der Waals surface area contributed by atoms with Crippen molar-refractivity contribution in [1.29, 1.82) is 5.26 Å². The highest BCUT2D eigenvalue weighted by Crippen LogP contribution is 2.50. The lowest BCUT2D eigenvalue weighted by Gasteiger charge is -2.59. The smallest absolute Gasteiger partial charge is 0.272 e. The van der Waals surface area contributed by atoms with Crippen molar-refractivity contribution in [1.82, 2.24) is 45.0 Å². The van der Waals surface area contributed by atoms with Crippen LogP contribution in [0, 0.1) is 16.7 Å². The number of fused-ring (bicyclic) bond motifs is 2. The fourth-order valence-electron chi connectivity index (χ4n) is 9.80. The average molecular weight is 866 g/mol. The highest BCUT2D eigenvalue weighted by molar-refractivity contribution is 6.31. The van der Waals surface area contributed by atoms with E-state index in [9.17, 15) is 9.59 Å². The van der Waals surface area contributed by atoms with Crippen molar-refractivity contribution in [2.24, 2.45) is 12.5 Å². The van der Waals surface area contributed by atoms with E-state index in [1.165, 1.54) is 5.69 Å². The van der Waals surface area contributed by atoms with Crippen LogP contribution in [0.25, 0.3) is 33.3 Å². The van der Waals surface area contributed by atoms with Crippen molar-refractivity contribution < 1.29 is 19.1 Å². The third kappa shape index (κ3) is 8.21. The van der Waals surface area contributed by atoms with E-state index < -0.39 is 0 Å². The summed E-state index contributed by atoms with van der Waals surface area (Å²) in [5, 5.41) is 32.9. The first-order valence-corrected chi connectivity index (χ1v) is 22.1. The molecule has 4 aromatic heterocycles. The number of carbonyl (C=O) groups excluding carboxylic acids is 2. The number of hydrogen-bond donors (Lipinski definition) is 1. The van der Waals surface area contributed by atoms with Gasteiger partial charge in [-0.1, -0.05) is 29.8 Å². The highest BCUT2D eigenvalue weighted by Gasteiger charge is 2.53. The summed E-state index contributed by atoms with van der Waals surface area (Å²) < 4.78 is 16.2. The van der Waals surface area contributed by atoms with Crippen LogP contribution in [-0.2, 0) is 36.1 Å². The molecule has 1 N–H and O–H groups in total. The predicted molar refractivity (Wildman–Crippen MR) is 236 cm³/mol. The van der Waals surface area contributed by atoms with Gasteiger partial charge in [0, 0.05) is 104 Å². The molecule has 6 aromatic rings. The molecule has 10 rings (SSSR count). The number of nitriles is 1. The third-order valence-corrected chi connectivity index (χ3v) is 13.6. The van der Waals surface area contributed by atoms with E-state index in [1.54, 1.807) is 31.2 Å². The van der Waals surface area contributed by atoms with Crippen LogP contribution in [0.5, 0.6) is 5.75 Å². The molecule has 3 fully saturated rings. The monoisotopic (exact) mass is 865 g/mol. The second-order valence-electron chi connectivity index (χ2n) is 17.5. The normalized spacial score (nSPS) is 19.3. The van der Waals surface area contributed by atoms with E-state index in [0.717, 1.165) is 103 Å². The van der Waals surface area contributed by atoms with Crippen LogP contribution in [0.2, 0.25) is 5.02 Å². The minimum atomic E-state index is -0.216. The number of amides is 2. The van der Waals surface area contributed by atoms with Crippen LogP contribution < -0.4 is 15.0 Å². The molecule has 15 nitrogen and oxygen atoms in total. The van der Waals surface area contributed by atoms with Crippen LogP contribution in [0.1, 0.15) is 72.8 Å². The molecule has 2 aromatic carbocycles. The maximum atomic E-state index is 13.0. The lowest BCUT2D eigenvalue weighted by Crippen LogP contribution is -2.64. The summed E-state index contributed by atoms with van der Waals surface area (Å²) in [6.45, 7) is 5.93. The molecule has 0 bridgehead atoms. The van der Waals surface area contributed by atoms with Gasteiger partial charge in [-0.25, -0.2) is 0 Å². The van der Waals surface area contributed by atoms with Gasteiger partial charge in [-0.2, -0.15) is 15.5 Å². The van der Waals surface area contributed by atoms with E-state index in [0.29, 0.717) is 48.3 Å². The van der Waals surface area contributed by atoms with E-state index in [-0.39, 0.29) is 35.5 Å². The molecule has 16 heteroatoms. The van der Waals surface area contributed by atoms with Gasteiger partial charge < -0.3 is 24.6 Å². The Morgan fingerprint density at radius 1 is 1.02 bits per heavy atom. The minimum absolute atomic E-state index is 0.0287. The quantitative estimate of drug-likeness (QED) is 0.150. The Kier molecular flexibility index (Phi) is 10.8. The first-order chi connectivity index (χ1) is 30.6. The van der Waals surface area contributed by atoms with Gasteiger partial charge in [-0.3, -0.25) is 23.9 Å². The summed E-state index contributed by atoms with van der Waals surface area (Å²) in [5.41, 5.74) is 6.99. The second kappa shape index (κ2) is 16.7. The summed E-state index contributed by atoms with van der Waals surface area (Å²) in [5.74, 6) is 1.30. The van der Waals surface area contributed by atoms with Crippen LogP contribution in [0.4, 0.5) is 5.82 Å². The minimum Gasteiger partial charge on any atom is -0.490 e. The van der Waals surface area contributed by atoms with Gasteiger partial charge >= 0.3 is 0 Å². The molecular weight excluding hydrogens is 818 g/mol. The molecule has 2 amide bonds. The number of hydrogen-bond acceptors (Lipinski definition) is 11. The molecule has 1 spiro atoms. The van der Waals surface area contributed by atoms with Crippen molar-refractivity contribution in [2.45, 2.75) is 83.2 Å². The first kappa shape index (κ1) is 40.7. The number of anilines is 1. The molecule has 322 valence electrons. The van der Waals surface area contributed by atoms with Gasteiger partial charge in [0.05, 0.1) is 53.5 Å². The Bertz CT molecular complexity index is 2740. The molecule has 2 aliphatic heterocycles. The molecular formula is C47H48ClN11O4. The number of halogens is 1. The van der Waals surface area contributed by atoms with Gasteiger partial charge in [0.15, 0.2) is 11.5 Å². The number of nitrogens with one attached hydrogen (secondary N) is 1. The molecule has 2 aliphatic carbocycles. The Balaban J connectivity index is 0.659. The Hall–Kier alpha value is -6.37. The summed E-state index contributed by atoms with van der Waals surface area (Å²) in [4.78, 5) is 34.2. The van der Waals surface area contributed by atoms with Crippen LogP contribution in [0.15, 0.2) is 73.2 Å². The summed E-state index contributed by atoms with van der Waals surface area (Å²) >= 11 is 6.16. The van der Waals surface area contributed by atoms with Crippen molar-refractivity contribution in [3.05, 3.63) is 101 Å². The predicted octanol–water partition coefficient (Wildman–Crippen LogP) is 6.52. The molecule has 1 saturated heterocycles. The van der Waals surface area contributed by atoms with Crippen LogP contribution in [0.3, 0.4) is 0 Å². The van der Waals surface area contributed by atoms with Crippen molar-refractivity contribution >= 4 is 40.0 Å². The number of aryl methyl sites for hydroxylation is 1. The fourth-order valence-corrected chi connectivity index (χ4v) is 10.0. The molecule has 6 heterocycles. The zero-order valence-corrected chi connectivity index (χ0v) is 36.1. The number of rotatable bonds is 11. The van der Waals surface area contributed by atoms with Crippen molar-refractivity contribution in [3.63, 3.8) is 0 Å². The lowest BCUT2D eigenvalue weighted by molar-refractivity contribution is -0.129. The maximum absolute atomic E-state index is 13.0. The third-order valence-electron chi connectivity index (χ3n) is 13.3. The Morgan fingerprint density at radius 2 is 1.86 bits per heavy atom. The van der Waals surface area contributed by atoms with Crippen molar-refractivity contribution in [3.8, 4) is 34.3 Å². The SMILES string of the molecule is CC(=O)N1CCc2c(c(-c3cccc4cc(-c5cnn(CCOC6CC7(C6)CN(c6ccc(C(=O)NC8CCC(Oc9ccc(C#N)c(Cl)c9)CC8)nn6)C7)c5)ncc34)nn2C)C1. The van der Waals surface area contributed by atoms with Gasteiger partial charge in [-0.15, -0.1) is 10.2 Å². The van der Waals surface area contributed by atoms with Gasteiger partial charge in [0.25, 0.3) is 5.91 Å². The van der Waals surface area contributed by atoms with Crippen molar-refractivity contribution in [2.75, 3.05) is 31.1 Å². The lowest BCUT2D eigenvalue weighted by atomic mass is 9.62. The topological polar surface area (TPSA) is 169 Å². The summed E-state index contributed by atoms with van der Waals surface area (Å²) in [7, 11) is 1.98. The number of nitrogens with zero attached hydrogens (tertiary/aromatic N) is 10. The number of carbonyl (C=O) groups is 2. The molecule has 0 unspecified atom stereocenters. The number of pyridine rings is 1. The Labute approximate surface area is 370 Å². The average Bonchev–Trinajstić information content (AvgIpc) is 3.88. The van der Waals surface area contributed by atoms with Crippen LogP contribution >= 0.6 is 11.6 Å². The zero-order chi connectivity index (χ0) is 43.2. The first-order valence-electron chi connectivity index (χ1n) is 21.7. The second-order valence-corrected chi connectivity index (χ2v) is 17.9. The van der Waals surface area contributed by atoms with E-state index in [1.807, 2.05) is 46.0 Å². The largest absolute Gasteiger partial charge is 0.490 e. The highest BCUT2D eigenvalue weighted by atomic mass is 35.5. The maximum Gasteiger partial charge on any atom is 0.272 e. The zero-order valence-electron chi connectivity index (χ0n) is 35.3. The fraction of sp³-hybridized carbons (Fsp3) is 0.404. The van der Waals surface area contributed by atoms with Gasteiger partial charge in [0.1, 0.15) is 11.8 Å². The standard InChI is InChI=1S/C47H48ClN11O4/c1-29(60)57-15-14-43-39(26-57)45(55-56(43)2)37-5-3-4-30-18-42(50-24-38(30)37)32-23-51-59(25-32)16-17-62-36-20-47(21-36)27-58(28-47)44-13-12-41(53-54-44)46(61)52-33-7-10-34(11-8-33)63-35-9-6-31(22-49)40(48)19-35/h3-6,9,12-13,18-19,23-25,33-34,36H,7-8,10-11,14-17,20-21,26-28H2,1-2H3,(H,52,61). The molecule has 63 heavy (non-hydrogen) atoms. The van der Waals surface area contributed by atoms with E-state index in [4.69, 9.17) is 36.4 Å².